The molecule has 0 atom stereocenters. The van der Waals surface area contributed by atoms with Gasteiger partial charge in [-0.2, -0.15) is 0 Å². The van der Waals surface area contributed by atoms with E-state index < -0.39 is 0 Å². The van der Waals surface area contributed by atoms with Crippen molar-refractivity contribution in [2.24, 2.45) is 0 Å². The molecule has 108 valence electrons. The fourth-order valence-corrected chi connectivity index (χ4v) is 1.06. The summed E-state index contributed by atoms with van der Waals surface area (Å²) in [4.78, 5) is 36.6. The zero-order chi connectivity index (χ0) is 14.8. The predicted molar refractivity (Wildman–Crippen MR) is 76.7 cm³/mol. The number of hydrogen-bond donors (Lipinski definition) is 0. The second-order valence-corrected chi connectivity index (χ2v) is 3.32. The van der Waals surface area contributed by atoms with Crippen LogP contribution in [-0.2, 0) is 0 Å². The quantitative estimate of drug-likeness (QED) is 0.607. The summed E-state index contributed by atoms with van der Waals surface area (Å²) in [5.41, 5.74) is 0.662. The van der Waals surface area contributed by atoms with Crippen molar-refractivity contribution in [2.45, 2.75) is 0 Å². The minimum absolute atomic E-state index is 0. The molecule has 7 nitrogen and oxygen atoms in total. The Morgan fingerprint density at radius 2 is 1.19 bits per heavy atom. The van der Waals surface area contributed by atoms with Gasteiger partial charge in [-0.3, -0.25) is 19.6 Å². The molecule has 21 heavy (non-hydrogen) atoms. The Morgan fingerprint density at radius 3 is 1.43 bits per heavy atom. The first-order chi connectivity index (χ1) is 9.69. The van der Waals surface area contributed by atoms with Crippen LogP contribution in [0, 0.1) is 0 Å². The van der Waals surface area contributed by atoms with Gasteiger partial charge in [0.1, 0.15) is 11.4 Å². The molecular formula is C14H14N4O3. The Morgan fingerprint density at radius 1 is 0.810 bits per heavy atom. The largest absolute Gasteiger partial charge is 0.412 e. The average molecular weight is 286 g/mol. The van der Waals surface area contributed by atoms with Gasteiger partial charge in [0.25, 0.3) is 0 Å². The number of ketones is 2. The van der Waals surface area contributed by atoms with E-state index in [2.05, 4.69) is 33.1 Å². The molecule has 0 aliphatic rings. The van der Waals surface area contributed by atoms with E-state index >= 15 is 0 Å². The van der Waals surface area contributed by atoms with Crippen LogP contribution in [0.2, 0.25) is 0 Å². The molecule has 0 saturated heterocycles. The summed E-state index contributed by atoms with van der Waals surface area (Å²) in [7, 11) is 0. The summed E-state index contributed by atoms with van der Waals surface area (Å²) in [6.07, 6.45) is 11.2. The fourth-order valence-electron chi connectivity index (χ4n) is 1.06. The normalized spacial score (nSPS) is 8.38. The number of carbonyl (C=O) groups excluding carboxylic acids is 2. The van der Waals surface area contributed by atoms with Gasteiger partial charge in [-0.05, 0) is 12.2 Å². The molecule has 0 radical (unpaired) electrons. The molecule has 0 aliphatic heterocycles. The third-order valence-corrected chi connectivity index (χ3v) is 2.00. The van der Waals surface area contributed by atoms with Crippen LogP contribution >= 0.6 is 0 Å². The van der Waals surface area contributed by atoms with E-state index in [-0.39, 0.29) is 17.0 Å². The van der Waals surface area contributed by atoms with Crippen LogP contribution in [-0.4, -0.2) is 37.0 Å². The van der Waals surface area contributed by atoms with Crippen molar-refractivity contribution >= 4 is 11.6 Å². The van der Waals surface area contributed by atoms with Crippen molar-refractivity contribution < 1.29 is 15.1 Å². The number of hydrogen-bond acceptors (Lipinski definition) is 6. The molecule has 2 heterocycles. The highest BCUT2D eigenvalue weighted by Gasteiger charge is 1.99. The van der Waals surface area contributed by atoms with Crippen LogP contribution in [0.3, 0.4) is 0 Å². The van der Waals surface area contributed by atoms with Crippen molar-refractivity contribution in [3.63, 3.8) is 0 Å². The van der Waals surface area contributed by atoms with Gasteiger partial charge in [-0.1, -0.05) is 13.2 Å². The molecular weight excluding hydrogens is 272 g/mol. The van der Waals surface area contributed by atoms with Gasteiger partial charge in [0.05, 0.1) is 12.4 Å². The lowest BCUT2D eigenvalue weighted by atomic mass is 10.3. The lowest BCUT2D eigenvalue weighted by Gasteiger charge is -1.89. The first kappa shape index (κ1) is 17.9. The summed E-state index contributed by atoms with van der Waals surface area (Å²) in [6.45, 7) is 6.64. The lowest BCUT2D eigenvalue weighted by Crippen LogP contribution is -1.96. The minimum Gasteiger partial charge on any atom is -0.412 e. The minimum atomic E-state index is -0.201. The Kier molecular flexibility index (Phi) is 8.39. The third-order valence-electron chi connectivity index (χ3n) is 2.00. The Labute approximate surface area is 121 Å². The summed E-state index contributed by atoms with van der Waals surface area (Å²) in [5, 5.41) is 0. The molecule has 0 saturated carbocycles. The standard InChI is InChI=1S/2C7H6N2O.H2O/c2*1-2-7(10)6-5-8-3-4-9-6;/h2*2-5H,1H2;1H2. The summed E-state index contributed by atoms with van der Waals surface area (Å²) < 4.78 is 0. The van der Waals surface area contributed by atoms with E-state index in [9.17, 15) is 9.59 Å². The number of rotatable bonds is 4. The van der Waals surface area contributed by atoms with Crippen molar-refractivity contribution in [3.05, 3.63) is 73.9 Å². The lowest BCUT2D eigenvalue weighted by molar-refractivity contribution is 0.103. The molecule has 0 fully saturated rings. The van der Waals surface area contributed by atoms with Crippen LogP contribution in [0.25, 0.3) is 0 Å². The molecule has 7 heteroatoms. The fraction of sp³-hybridized carbons (Fsp3) is 0. The SMILES string of the molecule is C=CC(=O)c1cnccn1.C=CC(=O)c1cnccn1.O. The third kappa shape index (κ3) is 6.08. The molecule has 2 N–H and O–H groups in total. The Balaban J connectivity index is 0.000000364. The van der Waals surface area contributed by atoms with Crippen LogP contribution in [0.15, 0.2) is 62.5 Å². The van der Waals surface area contributed by atoms with Crippen LogP contribution in [0.5, 0.6) is 0 Å². The van der Waals surface area contributed by atoms with Crippen LogP contribution < -0.4 is 0 Å². The van der Waals surface area contributed by atoms with E-state index in [1.807, 2.05) is 0 Å². The number of carbonyl (C=O) groups is 2. The van der Waals surface area contributed by atoms with E-state index in [0.29, 0.717) is 11.4 Å². The van der Waals surface area contributed by atoms with E-state index in [4.69, 9.17) is 0 Å². The smallest absolute Gasteiger partial charge is 0.205 e. The van der Waals surface area contributed by atoms with E-state index in [1.54, 1.807) is 0 Å². The second kappa shape index (κ2) is 9.82. The zero-order valence-corrected chi connectivity index (χ0v) is 11.1. The maximum atomic E-state index is 10.8. The highest BCUT2D eigenvalue weighted by Crippen LogP contribution is 1.92. The van der Waals surface area contributed by atoms with Crippen molar-refractivity contribution in [1.29, 1.82) is 0 Å². The average Bonchev–Trinajstić information content (AvgIpc) is 2.55. The maximum absolute atomic E-state index is 10.8. The highest BCUT2D eigenvalue weighted by atomic mass is 16.1. The van der Waals surface area contributed by atoms with Crippen LogP contribution in [0.4, 0.5) is 0 Å². The molecule has 0 unspecified atom stereocenters. The summed E-state index contributed by atoms with van der Waals surface area (Å²) in [6, 6.07) is 0. The van der Waals surface area contributed by atoms with Gasteiger partial charge in [-0.15, -0.1) is 0 Å². The van der Waals surface area contributed by atoms with Crippen molar-refractivity contribution in [2.75, 3.05) is 0 Å². The molecule has 2 aromatic heterocycles. The highest BCUT2D eigenvalue weighted by molar-refractivity contribution is 6.02. The van der Waals surface area contributed by atoms with Gasteiger partial charge >= 0.3 is 0 Å². The topological polar surface area (TPSA) is 117 Å². The zero-order valence-electron chi connectivity index (χ0n) is 11.1. The van der Waals surface area contributed by atoms with Crippen molar-refractivity contribution in [1.82, 2.24) is 19.9 Å². The predicted octanol–water partition coefficient (Wildman–Crippen LogP) is 0.866. The number of aromatic nitrogens is 4. The van der Waals surface area contributed by atoms with Gasteiger partial charge in [0.2, 0.25) is 11.6 Å². The van der Waals surface area contributed by atoms with Gasteiger partial charge < -0.3 is 5.48 Å². The molecule has 2 aromatic rings. The number of allylic oxidation sites excluding steroid dienone is 2. The summed E-state index contributed by atoms with van der Waals surface area (Å²) in [5.74, 6) is -0.402. The molecule has 0 aliphatic carbocycles. The van der Waals surface area contributed by atoms with Gasteiger partial charge in [0, 0.05) is 24.8 Å². The monoisotopic (exact) mass is 286 g/mol. The number of nitrogens with zero attached hydrogens (tertiary/aromatic N) is 4. The van der Waals surface area contributed by atoms with Gasteiger partial charge in [0.15, 0.2) is 0 Å². The Hall–Kier alpha value is -3.06. The van der Waals surface area contributed by atoms with Crippen molar-refractivity contribution in [3.8, 4) is 0 Å². The first-order valence-electron chi connectivity index (χ1n) is 5.54. The second-order valence-electron chi connectivity index (χ2n) is 3.32. The summed E-state index contributed by atoms with van der Waals surface area (Å²) >= 11 is 0. The molecule has 0 amide bonds. The molecule has 0 aromatic carbocycles. The first-order valence-corrected chi connectivity index (χ1v) is 5.54. The van der Waals surface area contributed by atoms with Gasteiger partial charge in [-0.25, -0.2) is 9.97 Å². The molecule has 2 rings (SSSR count). The van der Waals surface area contributed by atoms with Crippen LogP contribution in [0.1, 0.15) is 21.0 Å². The van der Waals surface area contributed by atoms with E-state index in [0.717, 1.165) is 0 Å². The Bertz CT molecular complexity index is 545. The maximum Gasteiger partial charge on any atom is 0.205 e. The van der Waals surface area contributed by atoms with E-state index in [1.165, 1.54) is 49.3 Å². The molecule has 0 spiro atoms. The molecule has 0 bridgehead atoms.